The maximum Gasteiger partial charge on any atom is 0.412 e. The van der Waals surface area contributed by atoms with Gasteiger partial charge in [-0.05, 0) is 55.2 Å². The summed E-state index contributed by atoms with van der Waals surface area (Å²) in [4.78, 5) is 42.6. The molecular formula is C25H28N4O4. The molecule has 1 saturated heterocycles. The van der Waals surface area contributed by atoms with Crippen LogP contribution in [-0.4, -0.2) is 66.7 Å². The van der Waals surface area contributed by atoms with Gasteiger partial charge in [-0.1, -0.05) is 18.2 Å². The molecule has 0 spiro atoms. The van der Waals surface area contributed by atoms with E-state index in [-0.39, 0.29) is 23.8 Å². The van der Waals surface area contributed by atoms with Crippen LogP contribution in [0.15, 0.2) is 42.5 Å². The van der Waals surface area contributed by atoms with Crippen molar-refractivity contribution in [2.75, 3.05) is 42.5 Å². The number of fused-ring (bicyclic) bond motifs is 1. The summed E-state index contributed by atoms with van der Waals surface area (Å²) in [7, 11) is 0. The van der Waals surface area contributed by atoms with Gasteiger partial charge in [-0.3, -0.25) is 14.5 Å². The molecule has 1 atom stereocenters. The number of anilines is 2. The van der Waals surface area contributed by atoms with Crippen molar-refractivity contribution < 1.29 is 19.5 Å². The molecule has 172 valence electrons. The molecule has 8 nitrogen and oxygen atoms in total. The first-order valence-electron chi connectivity index (χ1n) is 11.5. The Labute approximate surface area is 192 Å². The molecule has 2 heterocycles. The summed E-state index contributed by atoms with van der Waals surface area (Å²) in [6, 6.07) is 12.7. The Morgan fingerprint density at radius 1 is 0.939 bits per heavy atom. The van der Waals surface area contributed by atoms with Crippen molar-refractivity contribution in [2.24, 2.45) is 5.92 Å². The molecule has 0 unspecified atom stereocenters. The van der Waals surface area contributed by atoms with E-state index in [0.29, 0.717) is 36.6 Å². The number of piperazine rings is 1. The molecule has 0 radical (unpaired) electrons. The molecule has 33 heavy (non-hydrogen) atoms. The van der Waals surface area contributed by atoms with Gasteiger partial charge >= 0.3 is 6.09 Å². The fourth-order valence-electron chi connectivity index (χ4n) is 4.71. The first-order chi connectivity index (χ1) is 15.9. The third-order valence-corrected chi connectivity index (χ3v) is 6.68. The lowest BCUT2D eigenvalue weighted by Crippen LogP contribution is -2.52. The van der Waals surface area contributed by atoms with Crippen LogP contribution in [0.3, 0.4) is 0 Å². The number of nitrogens with zero attached hydrogens (tertiary/aromatic N) is 3. The van der Waals surface area contributed by atoms with E-state index in [1.807, 2.05) is 48.2 Å². The average Bonchev–Trinajstić information content (AvgIpc) is 3.68. The molecule has 2 aromatic carbocycles. The number of nitrogens with one attached hydrogen (secondary N) is 1. The molecule has 8 heteroatoms. The van der Waals surface area contributed by atoms with Crippen LogP contribution in [0.2, 0.25) is 0 Å². The Balaban J connectivity index is 1.46. The predicted molar refractivity (Wildman–Crippen MR) is 126 cm³/mol. The zero-order chi connectivity index (χ0) is 23.1. The van der Waals surface area contributed by atoms with E-state index in [0.717, 1.165) is 37.1 Å². The summed E-state index contributed by atoms with van der Waals surface area (Å²) in [5.41, 5.74) is 3.60. The van der Waals surface area contributed by atoms with Crippen molar-refractivity contribution in [3.05, 3.63) is 48.0 Å². The summed E-state index contributed by atoms with van der Waals surface area (Å²) in [6.07, 6.45) is 0.763. The van der Waals surface area contributed by atoms with Crippen LogP contribution in [0.4, 0.5) is 16.2 Å². The van der Waals surface area contributed by atoms with E-state index < -0.39 is 6.09 Å². The van der Waals surface area contributed by atoms with E-state index in [4.69, 9.17) is 0 Å². The van der Waals surface area contributed by atoms with Crippen molar-refractivity contribution in [3.8, 4) is 11.1 Å². The second-order valence-electron chi connectivity index (χ2n) is 9.05. The van der Waals surface area contributed by atoms with Crippen LogP contribution in [0.1, 0.15) is 30.1 Å². The van der Waals surface area contributed by atoms with Crippen molar-refractivity contribution in [3.63, 3.8) is 0 Å². The topological polar surface area (TPSA) is 93.2 Å². The third kappa shape index (κ3) is 4.06. The summed E-state index contributed by atoms with van der Waals surface area (Å²) in [6.45, 7) is 5.19. The van der Waals surface area contributed by atoms with Crippen LogP contribution in [0.5, 0.6) is 0 Å². The fraction of sp³-hybridized carbons (Fsp3) is 0.400. The molecule has 2 N–H and O–H groups in total. The number of amides is 3. The Kier molecular flexibility index (Phi) is 5.54. The van der Waals surface area contributed by atoms with Crippen molar-refractivity contribution in [1.29, 1.82) is 0 Å². The van der Waals surface area contributed by atoms with Crippen LogP contribution in [-0.2, 0) is 4.79 Å². The number of carboxylic acid groups (broad SMARTS) is 1. The molecule has 3 aliphatic rings. The van der Waals surface area contributed by atoms with E-state index in [1.165, 1.54) is 4.90 Å². The summed E-state index contributed by atoms with van der Waals surface area (Å²) in [5.74, 6) is 0.142. The maximum absolute atomic E-state index is 13.0. The molecule has 2 fully saturated rings. The van der Waals surface area contributed by atoms with E-state index >= 15 is 0 Å². The zero-order valence-corrected chi connectivity index (χ0v) is 18.7. The van der Waals surface area contributed by atoms with Gasteiger partial charge in [-0.25, -0.2) is 4.79 Å². The lowest BCUT2D eigenvalue weighted by molar-refractivity contribution is -0.119. The monoisotopic (exact) mass is 448 g/mol. The molecule has 3 amide bonds. The van der Waals surface area contributed by atoms with E-state index in [2.05, 4.69) is 5.32 Å². The second-order valence-corrected chi connectivity index (χ2v) is 9.05. The average molecular weight is 449 g/mol. The number of hydrogen-bond acceptors (Lipinski definition) is 4. The van der Waals surface area contributed by atoms with Crippen LogP contribution < -0.4 is 15.1 Å². The number of carbonyl (C=O) groups excluding carboxylic acids is 2. The molecule has 1 saturated carbocycles. The Morgan fingerprint density at radius 3 is 2.24 bits per heavy atom. The van der Waals surface area contributed by atoms with Crippen molar-refractivity contribution in [1.82, 2.24) is 10.2 Å². The quantitative estimate of drug-likeness (QED) is 0.753. The van der Waals surface area contributed by atoms with Gasteiger partial charge in [0.1, 0.15) is 0 Å². The highest BCUT2D eigenvalue weighted by atomic mass is 16.4. The lowest BCUT2D eigenvalue weighted by Gasteiger charge is -2.40. The number of carbonyl (C=O) groups is 3. The highest BCUT2D eigenvalue weighted by Crippen LogP contribution is 2.42. The van der Waals surface area contributed by atoms with Gasteiger partial charge in [0.05, 0.1) is 17.4 Å². The van der Waals surface area contributed by atoms with Crippen molar-refractivity contribution >= 4 is 29.3 Å². The minimum Gasteiger partial charge on any atom is -0.465 e. The Morgan fingerprint density at radius 2 is 1.61 bits per heavy atom. The largest absolute Gasteiger partial charge is 0.465 e. The van der Waals surface area contributed by atoms with Gasteiger partial charge in [0, 0.05) is 44.2 Å². The van der Waals surface area contributed by atoms with Gasteiger partial charge in [0.25, 0.3) is 5.91 Å². The number of benzene rings is 2. The zero-order valence-electron chi connectivity index (χ0n) is 18.7. The Bertz CT molecular complexity index is 1090. The normalized spacial score (nSPS) is 20.4. The lowest BCUT2D eigenvalue weighted by atomic mass is 9.99. The van der Waals surface area contributed by atoms with E-state index in [9.17, 15) is 19.5 Å². The van der Waals surface area contributed by atoms with Gasteiger partial charge in [0.2, 0.25) is 5.91 Å². The van der Waals surface area contributed by atoms with Gasteiger partial charge < -0.3 is 20.2 Å². The van der Waals surface area contributed by atoms with Crippen LogP contribution >= 0.6 is 0 Å². The predicted octanol–water partition coefficient (Wildman–Crippen LogP) is 3.03. The van der Waals surface area contributed by atoms with Crippen molar-refractivity contribution in [2.45, 2.75) is 25.8 Å². The summed E-state index contributed by atoms with van der Waals surface area (Å²) in [5, 5.41) is 13.0. The highest BCUT2D eigenvalue weighted by Gasteiger charge is 2.40. The molecule has 2 aliphatic heterocycles. The minimum absolute atomic E-state index is 0.0285. The first-order valence-corrected chi connectivity index (χ1v) is 11.5. The summed E-state index contributed by atoms with van der Waals surface area (Å²) < 4.78 is 0. The fourth-order valence-corrected chi connectivity index (χ4v) is 4.71. The second kappa shape index (κ2) is 8.51. The molecule has 2 aromatic rings. The van der Waals surface area contributed by atoms with Gasteiger partial charge in [-0.2, -0.15) is 0 Å². The van der Waals surface area contributed by atoms with Crippen LogP contribution in [0, 0.1) is 5.92 Å². The standard InChI is InChI=1S/C25H28N4O4/c1-16-15-28(24(31)19-6-7-19)22-14-20(8-9-21(22)29(16)25(32)33)17-2-4-18(5-3-17)23(30)27-12-10-26-11-13-27/h2-5,8-9,14,16,19,26H,6-7,10-13,15H2,1H3,(H,32,33)/t16-/m0/s1. The molecule has 0 bridgehead atoms. The maximum atomic E-state index is 13.0. The minimum atomic E-state index is -1.02. The Hall–Kier alpha value is -3.39. The first kappa shape index (κ1) is 21.5. The number of hydrogen-bond donors (Lipinski definition) is 2. The third-order valence-electron chi connectivity index (χ3n) is 6.68. The van der Waals surface area contributed by atoms with Crippen LogP contribution in [0.25, 0.3) is 11.1 Å². The van der Waals surface area contributed by atoms with E-state index in [1.54, 1.807) is 11.0 Å². The summed E-state index contributed by atoms with van der Waals surface area (Å²) >= 11 is 0. The highest BCUT2D eigenvalue weighted by molar-refractivity contribution is 6.05. The smallest absolute Gasteiger partial charge is 0.412 e. The van der Waals surface area contributed by atoms with Gasteiger partial charge in [0.15, 0.2) is 0 Å². The molecule has 1 aliphatic carbocycles. The number of rotatable bonds is 3. The molecule has 0 aromatic heterocycles. The van der Waals surface area contributed by atoms with Gasteiger partial charge in [-0.15, -0.1) is 0 Å². The SMILES string of the molecule is C[C@H]1CN(C(=O)C2CC2)c2cc(-c3ccc(C(=O)N4CCNCC4)cc3)ccc2N1C(=O)O. The molecular weight excluding hydrogens is 420 g/mol. The molecule has 5 rings (SSSR count).